The maximum atomic E-state index is 12.4. The van der Waals surface area contributed by atoms with Crippen LogP contribution in [-0.2, 0) is 14.3 Å². The molecule has 1 aliphatic heterocycles. The van der Waals surface area contributed by atoms with Gasteiger partial charge in [-0.1, -0.05) is 12.1 Å². The van der Waals surface area contributed by atoms with Gasteiger partial charge in [-0.2, -0.15) is 0 Å². The third kappa shape index (κ3) is 2.68. The van der Waals surface area contributed by atoms with Gasteiger partial charge in [-0.05, 0) is 19.2 Å². The summed E-state index contributed by atoms with van der Waals surface area (Å²) in [6, 6.07) is 7.02. The van der Waals surface area contributed by atoms with Crippen LogP contribution in [-0.4, -0.2) is 45.2 Å². The second kappa shape index (κ2) is 5.71. The van der Waals surface area contributed by atoms with Crippen LogP contribution in [0.4, 0.5) is 11.4 Å². The molecule has 1 atom stereocenters. The quantitative estimate of drug-likeness (QED) is 0.763. The molecule has 1 aromatic rings. The summed E-state index contributed by atoms with van der Waals surface area (Å²) in [4.78, 5) is 25.3. The number of benzene rings is 1. The molecule has 6 heteroatoms. The lowest BCUT2D eigenvalue weighted by atomic mass is 10.2. The largest absolute Gasteiger partial charge is 0.468 e. The molecule has 6 nitrogen and oxygen atoms in total. The molecule has 2 rings (SSSR count). The van der Waals surface area contributed by atoms with Crippen LogP contribution < -0.4 is 15.5 Å². The van der Waals surface area contributed by atoms with Crippen LogP contribution in [0.3, 0.4) is 0 Å². The molecule has 1 heterocycles. The molecule has 2 N–H and O–H groups in total. The van der Waals surface area contributed by atoms with Gasteiger partial charge < -0.3 is 15.4 Å². The molecule has 0 bridgehead atoms. The highest BCUT2D eigenvalue weighted by Crippen LogP contribution is 2.28. The lowest BCUT2D eigenvalue weighted by Crippen LogP contribution is -2.48. The van der Waals surface area contributed by atoms with E-state index in [4.69, 9.17) is 0 Å². The lowest BCUT2D eigenvalue weighted by Gasteiger charge is -2.23. The predicted octanol–water partition coefficient (Wildman–Crippen LogP) is 0.206. The molecule has 19 heavy (non-hydrogen) atoms. The summed E-state index contributed by atoms with van der Waals surface area (Å²) in [7, 11) is 3.03. The van der Waals surface area contributed by atoms with Gasteiger partial charge in [-0.15, -0.1) is 0 Å². The van der Waals surface area contributed by atoms with E-state index in [2.05, 4.69) is 15.4 Å². The maximum absolute atomic E-state index is 12.4. The van der Waals surface area contributed by atoms with Crippen molar-refractivity contribution in [2.24, 2.45) is 0 Å². The minimum atomic E-state index is -0.445. The van der Waals surface area contributed by atoms with Gasteiger partial charge in [0.25, 0.3) is 0 Å². The smallest absolute Gasteiger partial charge is 0.325 e. The third-order valence-electron chi connectivity index (χ3n) is 3.12. The highest BCUT2D eigenvalue weighted by Gasteiger charge is 2.30. The van der Waals surface area contributed by atoms with E-state index in [9.17, 15) is 9.59 Å². The molecular formula is C13H17N3O3. The standard InChI is InChI=1S/C13H17N3O3/c1-14-10-7-15-9-5-3-4-6-11(9)16(13(10)18)8-12(17)19-2/h3-6,10,14-15H,7-8H2,1-2H3/t10-/m0/s1. The van der Waals surface area contributed by atoms with Crippen LogP contribution >= 0.6 is 0 Å². The number of nitrogens with zero attached hydrogens (tertiary/aromatic N) is 1. The monoisotopic (exact) mass is 263 g/mol. The van der Waals surface area contributed by atoms with Crippen molar-refractivity contribution in [3.63, 3.8) is 0 Å². The molecule has 102 valence electrons. The Hall–Kier alpha value is -2.08. The first-order valence-electron chi connectivity index (χ1n) is 6.05. The van der Waals surface area contributed by atoms with E-state index >= 15 is 0 Å². The normalized spacial score (nSPS) is 18.3. The average molecular weight is 263 g/mol. The van der Waals surface area contributed by atoms with Gasteiger partial charge in [-0.3, -0.25) is 14.5 Å². The van der Waals surface area contributed by atoms with E-state index in [0.29, 0.717) is 12.2 Å². The summed E-state index contributed by atoms with van der Waals surface area (Å²) in [6.45, 7) is 0.385. The van der Waals surface area contributed by atoms with E-state index in [1.165, 1.54) is 12.0 Å². The number of carbonyl (C=O) groups excluding carboxylic acids is 2. The summed E-state index contributed by atoms with van der Waals surface area (Å²) >= 11 is 0. The number of ether oxygens (including phenoxy) is 1. The number of nitrogens with one attached hydrogen (secondary N) is 2. The van der Waals surface area contributed by atoms with Gasteiger partial charge in [0.05, 0.1) is 18.5 Å². The molecule has 1 amide bonds. The predicted molar refractivity (Wildman–Crippen MR) is 72.1 cm³/mol. The molecule has 0 aromatic heterocycles. The number of para-hydroxylation sites is 2. The van der Waals surface area contributed by atoms with Crippen molar-refractivity contribution < 1.29 is 14.3 Å². The third-order valence-corrected chi connectivity index (χ3v) is 3.12. The summed E-state index contributed by atoms with van der Waals surface area (Å²) < 4.78 is 4.65. The Morgan fingerprint density at radius 3 is 2.95 bits per heavy atom. The zero-order valence-electron chi connectivity index (χ0n) is 11.0. The van der Waals surface area contributed by atoms with Crippen molar-refractivity contribution in [2.45, 2.75) is 6.04 Å². The summed E-state index contributed by atoms with van der Waals surface area (Å²) in [5.74, 6) is -0.592. The van der Waals surface area contributed by atoms with Crippen molar-refractivity contribution in [3.8, 4) is 0 Å². The van der Waals surface area contributed by atoms with Crippen molar-refractivity contribution in [1.29, 1.82) is 0 Å². The molecule has 1 aliphatic rings. The Balaban J connectivity index is 2.38. The van der Waals surface area contributed by atoms with Gasteiger partial charge in [0.2, 0.25) is 5.91 Å². The van der Waals surface area contributed by atoms with Gasteiger partial charge in [0, 0.05) is 6.54 Å². The van der Waals surface area contributed by atoms with Crippen LogP contribution in [0.2, 0.25) is 0 Å². The number of hydrogen-bond donors (Lipinski definition) is 2. The zero-order chi connectivity index (χ0) is 13.8. The molecule has 0 aliphatic carbocycles. The number of amides is 1. The number of hydrogen-bond acceptors (Lipinski definition) is 5. The highest BCUT2D eigenvalue weighted by molar-refractivity contribution is 6.04. The molecule has 0 fully saturated rings. The van der Waals surface area contributed by atoms with Crippen molar-refractivity contribution >= 4 is 23.3 Å². The second-order valence-electron chi connectivity index (χ2n) is 4.24. The first-order valence-corrected chi connectivity index (χ1v) is 6.05. The Morgan fingerprint density at radius 2 is 2.26 bits per heavy atom. The summed E-state index contributed by atoms with van der Waals surface area (Å²) in [5, 5.41) is 6.14. The number of anilines is 2. The molecule has 0 saturated carbocycles. The molecule has 1 aromatic carbocycles. The van der Waals surface area contributed by atoms with Gasteiger partial charge in [0.1, 0.15) is 12.6 Å². The number of methoxy groups -OCH3 is 1. The first-order chi connectivity index (χ1) is 9.17. The van der Waals surface area contributed by atoms with E-state index in [1.807, 2.05) is 18.2 Å². The number of esters is 1. The molecule has 0 radical (unpaired) electrons. The van der Waals surface area contributed by atoms with Crippen molar-refractivity contribution in [1.82, 2.24) is 5.32 Å². The second-order valence-corrected chi connectivity index (χ2v) is 4.24. The van der Waals surface area contributed by atoms with Gasteiger partial charge >= 0.3 is 5.97 Å². The molecule has 0 unspecified atom stereocenters. The van der Waals surface area contributed by atoms with E-state index in [1.54, 1.807) is 13.1 Å². The van der Waals surface area contributed by atoms with Gasteiger partial charge in [0.15, 0.2) is 0 Å². The van der Waals surface area contributed by atoms with Crippen LogP contribution in [0.5, 0.6) is 0 Å². The fourth-order valence-corrected chi connectivity index (χ4v) is 2.05. The summed E-state index contributed by atoms with van der Waals surface area (Å²) in [5.41, 5.74) is 1.52. The SMILES string of the molecule is CN[C@H]1CNc2ccccc2N(CC(=O)OC)C1=O. The number of fused-ring (bicyclic) bond motifs is 1. The lowest BCUT2D eigenvalue weighted by molar-refractivity contribution is -0.140. The van der Waals surface area contributed by atoms with Gasteiger partial charge in [-0.25, -0.2) is 0 Å². The van der Waals surface area contributed by atoms with E-state index in [-0.39, 0.29) is 18.5 Å². The van der Waals surface area contributed by atoms with Crippen LogP contribution in [0.1, 0.15) is 0 Å². The van der Waals surface area contributed by atoms with Crippen LogP contribution in [0.15, 0.2) is 24.3 Å². The minimum Gasteiger partial charge on any atom is -0.468 e. The number of rotatable bonds is 3. The Labute approximate surface area is 111 Å². The Morgan fingerprint density at radius 1 is 1.53 bits per heavy atom. The van der Waals surface area contributed by atoms with Crippen molar-refractivity contribution in [2.75, 3.05) is 37.5 Å². The molecule has 0 spiro atoms. The van der Waals surface area contributed by atoms with Crippen LogP contribution in [0.25, 0.3) is 0 Å². The van der Waals surface area contributed by atoms with Crippen molar-refractivity contribution in [3.05, 3.63) is 24.3 Å². The maximum Gasteiger partial charge on any atom is 0.325 e. The fourth-order valence-electron chi connectivity index (χ4n) is 2.05. The zero-order valence-corrected chi connectivity index (χ0v) is 11.0. The van der Waals surface area contributed by atoms with Crippen LogP contribution in [0, 0.1) is 0 Å². The molecule has 0 saturated heterocycles. The average Bonchev–Trinajstić information content (AvgIpc) is 2.57. The first kappa shape index (κ1) is 13.4. The fraction of sp³-hybridized carbons (Fsp3) is 0.385. The summed E-state index contributed by atoms with van der Waals surface area (Å²) in [6.07, 6.45) is 0. The number of likely N-dealkylation sites (N-methyl/N-ethyl adjacent to an activating group) is 1. The van der Waals surface area contributed by atoms with E-state index < -0.39 is 5.97 Å². The van der Waals surface area contributed by atoms with E-state index in [0.717, 1.165) is 5.69 Å². The Kier molecular flexibility index (Phi) is 4.01. The highest BCUT2D eigenvalue weighted by atomic mass is 16.5. The topological polar surface area (TPSA) is 70.7 Å². The minimum absolute atomic E-state index is 0.0911. The molecular weight excluding hydrogens is 246 g/mol. The number of carbonyl (C=O) groups is 2. The Bertz CT molecular complexity index is 490.